The predicted octanol–water partition coefficient (Wildman–Crippen LogP) is 3.16. The summed E-state index contributed by atoms with van der Waals surface area (Å²) < 4.78 is 18.6. The van der Waals surface area contributed by atoms with Crippen molar-refractivity contribution in [3.05, 3.63) is 76.4 Å². The summed E-state index contributed by atoms with van der Waals surface area (Å²) in [6.07, 6.45) is 3.95. The molecule has 0 aliphatic carbocycles. The van der Waals surface area contributed by atoms with Crippen LogP contribution in [0.25, 0.3) is 0 Å². The second-order valence-electron chi connectivity index (χ2n) is 6.66. The Kier molecular flexibility index (Phi) is 5.15. The van der Waals surface area contributed by atoms with E-state index in [4.69, 9.17) is 16.1 Å². The molecule has 0 saturated carbocycles. The van der Waals surface area contributed by atoms with Crippen LogP contribution in [-0.4, -0.2) is 37.8 Å². The van der Waals surface area contributed by atoms with Crippen molar-refractivity contribution in [2.75, 3.05) is 6.54 Å². The van der Waals surface area contributed by atoms with Crippen molar-refractivity contribution < 1.29 is 14.0 Å². The molecule has 1 aliphatic heterocycles. The monoisotopic (exact) mass is 388 g/mol. The summed E-state index contributed by atoms with van der Waals surface area (Å²) in [6, 6.07) is 7.94. The molecule has 1 fully saturated rings. The van der Waals surface area contributed by atoms with Crippen molar-refractivity contribution in [1.29, 1.82) is 0 Å². The fraction of sp³-hybridized carbons (Fsp3) is 0.316. The van der Waals surface area contributed by atoms with Gasteiger partial charge in [-0.2, -0.15) is 4.98 Å². The molecule has 0 unspecified atom stereocenters. The summed E-state index contributed by atoms with van der Waals surface area (Å²) in [5.41, 5.74) is 1.78. The third kappa shape index (κ3) is 4.16. The first-order valence-corrected chi connectivity index (χ1v) is 9.03. The molecule has 0 spiro atoms. The van der Waals surface area contributed by atoms with Crippen LogP contribution in [0, 0.1) is 5.82 Å². The van der Waals surface area contributed by atoms with E-state index < -0.39 is 6.10 Å². The summed E-state index contributed by atoms with van der Waals surface area (Å²) >= 11 is 6.07. The molecule has 6 nitrogen and oxygen atoms in total. The van der Waals surface area contributed by atoms with Gasteiger partial charge in [0.1, 0.15) is 5.82 Å². The molecule has 1 saturated heterocycles. The van der Waals surface area contributed by atoms with Gasteiger partial charge in [0.25, 0.3) is 0 Å². The molecule has 1 aliphatic rings. The lowest BCUT2D eigenvalue weighted by molar-refractivity contribution is 0.169. The smallest absolute Gasteiger partial charge is 0.244 e. The van der Waals surface area contributed by atoms with Gasteiger partial charge in [-0.05, 0) is 35.7 Å². The number of rotatable bonds is 5. The number of β-amino-alcohol motifs (C(OH)–C–C–N with tert-alkyl or cyclic N) is 1. The third-order valence-corrected chi connectivity index (χ3v) is 4.97. The maximum Gasteiger partial charge on any atom is 0.244 e. The van der Waals surface area contributed by atoms with E-state index in [1.807, 2.05) is 12.1 Å². The molecule has 0 radical (unpaired) electrons. The van der Waals surface area contributed by atoms with Gasteiger partial charge in [0.2, 0.25) is 5.89 Å². The first-order chi connectivity index (χ1) is 13.1. The van der Waals surface area contributed by atoms with Gasteiger partial charge in [-0.3, -0.25) is 9.88 Å². The molecule has 1 aromatic carbocycles. The number of hydrogen-bond acceptors (Lipinski definition) is 6. The zero-order valence-corrected chi connectivity index (χ0v) is 15.2. The van der Waals surface area contributed by atoms with Crippen molar-refractivity contribution in [2.45, 2.75) is 31.5 Å². The molecule has 4 rings (SSSR count). The first-order valence-electron chi connectivity index (χ1n) is 8.66. The zero-order valence-electron chi connectivity index (χ0n) is 14.4. The Labute approximate surface area is 160 Å². The van der Waals surface area contributed by atoms with Crippen molar-refractivity contribution in [3.8, 4) is 0 Å². The number of nitrogens with zero attached hydrogens (tertiary/aromatic N) is 4. The van der Waals surface area contributed by atoms with Crippen LogP contribution in [0.3, 0.4) is 0 Å². The molecule has 2 atom stereocenters. The van der Waals surface area contributed by atoms with Crippen molar-refractivity contribution in [3.63, 3.8) is 0 Å². The summed E-state index contributed by atoms with van der Waals surface area (Å²) in [5, 5.41) is 14.5. The Morgan fingerprint density at radius 2 is 2.22 bits per heavy atom. The van der Waals surface area contributed by atoms with Gasteiger partial charge in [0.15, 0.2) is 5.82 Å². The van der Waals surface area contributed by atoms with E-state index in [1.54, 1.807) is 18.5 Å². The van der Waals surface area contributed by atoms with Gasteiger partial charge in [-0.15, -0.1) is 0 Å². The Bertz CT molecular complexity index is 921. The van der Waals surface area contributed by atoms with Crippen molar-refractivity contribution >= 4 is 11.6 Å². The third-order valence-electron chi connectivity index (χ3n) is 4.62. The molecular formula is C19H18ClFN4O2. The lowest BCUT2D eigenvalue weighted by Crippen LogP contribution is -2.24. The van der Waals surface area contributed by atoms with Crippen LogP contribution >= 0.6 is 11.6 Å². The SMILES string of the molecule is O[C@@H]1C[C@@H](c2nc(Cc3ccc(F)cc3Cl)no2)N(Cc2cccnc2)C1. The highest BCUT2D eigenvalue weighted by molar-refractivity contribution is 6.31. The molecule has 27 heavy (non-hydrogen) atoms. The second kappa shape index (κ2) is 7.72. The number of pyridine rings is 1. The van der Waals surface area contributed by atoms with Crippen molar-refractivity contribution in [1.82, 2.24) is 20.0 Å². The summed E-state index contributed by atoms with van der Waals surface area (Å²) in [4.78, 5) is 10.7. The van der Waals surface area contributed by atoms with E-state index in [-0.39, 0.29) is 11.9 Å². The maximum absolute atomic E-state index is 13.2. The zero-order chi connectivity index (χ0) is 18.8. The molecule has 140 valence electrons. The van der Waals surface area contributed by atoms with Gasteiger partial charge in [0.05, 0.1) is 12.1 Å². The Morgan fingerprint density at radius 3 is 3.00 bits per heavy atom. The molecule has 1 N–H and O–H groups in total. The molecule has 2 aromatic heterocycles. The molecule has 3 heterocycles. The highest BCUT2D eigenvalue weighted by atomic mass is 35.5. The van der Waals surface area contributed by atoms with Gasteiger partial charge in [-0.1, -0.05) is 28.9 Å². The quantitative estimate of drug-likeness (QED) is 0.723. The average molecular weight is 389 g/mol. The second-order valence-corrected chi connectivity index (χ2v) is 7.06. The van der Waals surface area contributed by atoms with Gasteiger partial charge < -0.3 is 9.63 Å². The summed E-state index contributed by atoms with van der Waals surface area (Å²) in [5.74, 6) is 0.549. The molecule has 8 heteroatoms. The van der Waals surface area contributed by atoms with E-state index >= 15 is 0 Å². The number of aromatic nitrogens is 3. The Morgan fingerprint density at radius 1 is 1.33 bits per heavy atom. The van der Waals surface area contributed by atoms with Crippen LogP contribution in [-0.2, 0) is 13.0 Å². The minimum Gasteiger partial charge on any atom is -0.392 e. The van der Waals surface area contributed by atoms with Gasteiger partial charge in [0, 0.05) is 36.9 Å². The number of likely N-dealkylation sites (tertiary alicyclic amines) is 1. The fourth-order valence-electron chi connectivity index (χ4n) is 3.35. The van der Waals surface area contributed by atoms with Crippen LogP contribution < -0.4 is 0 Å². The van der Waals surface area contributed by atoms with E-state index in [0.717, 1.165) is 11.1 Å². The number of aliphatic hydroxyl groups is 1. The van der Waals surface area contributed by atoms with E-state index in [0.29, 0.717) is 42.7 Å². The number of halogens is 2. The van der Waals surface area contributed by atoms with E-state index in [2.05, 4.69) is 20.0 Å². The number of aliphatic hydroxyl groups excluding tert-OH is 1. The Balaban J connectivity index is 1.50. The lowest BCUT2D eigenvalue weighted by atomic mass is 10.1. The van der Waals surface area contributed by atoms with Gasteiger partial charge >= 0.3 is 0 Å². The highest BCUT2D eigenvalue weighted by Gasteiger charge is 2.35. The van der Waals surface area contributed by atoms with Crippen LogP contribution in [0.5, 0.6) is 0 Å². The molecular weight excluding hydrogens is 371 g/mol. The highest BCUT2D eigenvalue weighted by Crippen LogP contribution is 2.32. The molecule has 0 bridgehead atoms. The van der Waals surface area contributed by atoms with Crippen LogP contribution in [0.2, 0.25) is 5.02 Å². The standard InChI is InChI=1S/C19H18ClFN4O2/c20-16-7-14(21)4-3-13(16)6-18-23-19(27-24-18)17-8-15(26)11-25(17)10-12-2-1-5-22-9-12/h1-5,7,9,15,17,26H,6,8,10-11H2/t15-,17+/m1/s1. The molecule has 0 amide bonds. The number of benzene rings is 1. The lowest BCUT2D eigenvalue weighted by Gasteiger charge is -2.20. The summed E-state index contributed by atoms with van der Waals surface area (Å²) in [6.45, 7) is 1.16. The van der Waals surface area contributed by atoms with E-state index in [1.165, 1.54) is 12.1 Å². The maximum atomic E-state index is 13.2. The topological polar surface area (TPSA) is 75.3 Å². The van der Waals surface area contributed by atoms with Crippen molar-refractivity contribution in [2.24, 2.45) is 0 Å². The molecule has 3 aromatic rings. The first kappa shape index (κ1) is 18.0. The van der Waals surface area contributed by atoms with Gasteiger partial charge in [-0.25, -0.2) is 4.39 Å². The normalized spacial score (nSPS) is 20.3. The van der Waals surface area contributed by atoms with Crippen LogP contribution in [0.1, 0.15) is 35.3 Å². The largest absolute Gasteiger partial charge is 0.392 e. The number of hydrogen-bond donors (Lipinski definition) is 1. The van der Waals surface area contributed by atoms with E-state index in [9.17, 15) is 9.50 Å². The summed E-state index contributed by atoms with van der Waals surface area (Å²) in [7, 11) is 0. The minimum absolute atomic E-state index is 0.162. The predicted molar refractivity (Wildman–Crippen MR) is 96.5 cm³/mol. The minimum atomic E-state index is -0.450. The fourth-order valence-corrected chi connectivity index (χ4v) is 3.58. The Hall–Kier alpha value is -2.35. The van der Waals surface area contributed by atoms with Crippen LogP contribution in [0.4, 0.5) is 4.39 Å². The van der Waals surface area contributed by atoms with Crippen LogP contribution in [0.15, 0.2) is 47.2 Å². The average Bonchev–Trinajstić information content (AvgIpc) is 3.25.